The number of hydrogen-bond acceptors (Lipinski definition) is 5. The molecule has 2 aromatic heterocycles. The van der Waals surface area contributed by atoms with Crippen molar-refractivity contribution in [3.63, 3.8) is 0 Å². The first-order valence-electron chi connectivity index (χ1n) is 10.9. The molecule has 30 heavy (non-hydrogen) atoms. The maximum Gasteiger partial charge on any atom is 0.157 e. The molecule has 0 unspecified atom stereocenters. The molecule has 0 saturated carbocycles. The maximum atomic E-state index is 10.2. The number of methoxy groups -OCH3 is 1. The summed E-state index contributed by atoms with van der Waals surface area (Å²) in [6.45, 7) is 5.59. The van der Waals surface area contributed by atoms with E-state index in [4.69, 9.17) is 14.5 Å². The second-order valence-electron chi connectivity index (χ2n) is 8.42. The molecule has 0 bridgehead atoms. The molecule has 0 spiro atoms. The summed E-state index contributed by atoms with van der Waals surface area (Å²) in [5, 5.41) is 10.2. The van der Waals surface area contributed by atoms with Crippen LogP contribution in [0, 0.1) is 18.3 Å². The van der Waals surface area contributed by atoms with Crippen LogP contribution in [0.3, 0.4) is 0 Å². The summed E-state index contributed by atoms with van der Waals surface area (Å²) < 4.78 is 13.4. The second-order valence-corrected chi connectivity index (χ2v) is 8.42. The first-order valence-corrected chi connectivity index (χ1v) is 10.9. The maximum absolute atomic E-state index is 10.2. The lowest BCUT2D eigenvalue weighted by Gasteiger charge is -2.36. The van der Waals surface area contributed by atoms with Gasteiger partial charge in [0.1, 0.15) is 11.9 Å². The van der Waals surface area contributed by atoms with Crippen molar-refractivity contribution >= 4 is 22.5 Å². The van der Waals surface area contributed by atoms with Gasteiger partial charge in [0, 0.05) is 33.4 Å². The third-order valence-electron chi connectivity index (χ3n) is 6.82. The fourth-order valence-corrected chi connectivity index (χ4v) is 5.29. The topological polar surface area (TPSA) is 62.8 Å². The molecule has 2 saturated heterocycles. The fourth-order valence-electron chi connectivity index (χ4n) is 5.29. The highest BCUT2D eigenvalue weighted by Gasteiger charge is 2.30. The molecule has 156 valence electrons. The van der Waals surface area contributed by atoms with Crippen molar-refractivity contribution in [1.29, 1.82) is 5.26 Å². The lowest BCUT2D eigenvalue weighted by Crippen LogP contribution is -2.38. The van der Waals surface area contributed by atoms with E-state index >= 15 is 0 Å². The molecule has 0 atom stereocenters. The largest absolute Gasteiger partial charge is 0.381 e. The third-order valence-corrected chi connectivity index (χ3v) is 6.82. The minimum Gasteiger partial charge on any atom is -0.381 e. The van der Waals surface area contributed by atoms with Crippen molar-refractivity contribution < 1.29 is 9.47 Å². The molecule has 2 aliphatic heterocycles. The number of piperidine rings is 1. The van der Waals surface area contributed by atoms with E-state index in [9.17, 15) is 5.26 Å². The third kappa shape index (κ3) is 3.05. The molecule has 3 aromatic rings. The molecule has 5 rings (SSSR count). The molecule has 1 aromatic carbocycles. The summed E-state index contributed by atoms with van der Waals surface area (Å²) in [7, 11) is 1.80. The fraction of sp³-hybridized carbons (Fsp3) is 0.500. The summed E-state index contributed by atoms with van der Waals surface area (Å²) in [4.78, 5) is 7.40. The molecule has 0 aliphatic carbocycles. The molecule has 0 radical (unpaired) electrons. The number of imidazole rings is 1. The van der Waals surface area contributed by atoms with Gasteiger partial charge in [0.2, 0.25) is 0 Å². The van der Waals surface area contributed by atoms with Crippen LogP contribution in [0.2, 0.25) is 0 Å². The van der Waals surface area contributed by atoms with Crippen LogP contribution in [-0.2, 0) is 9.47 Å². The Balaban J connectivity index is 1.78. The van der Waals surface area contributed by atoms with Gasteiger partial charge in [0.05, 0.1) is 22.7 Å². The predicted molar refractivity (Wildman–Crippen MR) is 117 cm³/mol. The van der Waals surface area contributed by atoms with Gasteiger partial charge < -0.3 is 14.4 Å². The summed E-state index contributed by atoms with van der Waals surface area (Å²) in [6.07, 6.45) is 4.26. The van der Waals surface area contributed by atoms with Crippen molar-refractivity contribution in [2.24, 2.45) is 0 Å². The molecule has 4 heterocycles. The van der Waals surface area contributed by atoms with E-state index in [0.717, 1.165) is 74.2 Å². The van der Waals surface area contributed by atoms with Crippen molar-refractivity contribution in [2.75, 3.05) is 38.3 Å². The highest BCUT2D eigenvalue weighted by atomic mass is 16.5. The SMILES string of the molecule is COC1CCN(c2c(C)c(C3CCOCC3)c(C#N)c3nc4ccccc4n23)CC1. The van der Waals surface area contributed by atoms with Gasteiger partial charge in [-0.2, -0.15) is 5.26 Å². The summed E-state index contributed by atoms with van der Waals surface area (Å²) in [6, 6.07) is 10.7. The number of para-hydroxylation sites is 2. The summed E-state index contributed by atoms with van der Waals surface area (Å²) in [5.41, 5.74) is 5.90. The van der Waals surface area contributed by atoms with E-state index < -0.39 is 0 Å². The number of nitriles is 1. The van der Waals surface area contributed by atoms with Crippen molar-refractivity contribution in [1.82, 2.24) is 9.38 Å². The van der Waals surface area contributed by atoms with Crippen LogP contribution in [0.25, 0.3) is 16.7 Å². The van der Waals surface area contributed by atoms with Gasteiger partial charge in [-0.15, -0.1) is 0 Å². The highest BCUT2D eigenvalue weighted by Crippen LogP contribution is 2.40. The van der Waals surface area contributed by atoms with Crippen molar-refractivity contribution in [3.8, 4) is 6.07 Å². The summed E-state index contributed by atoms with van der Waals surface area (Å²) >= 11 is 0. The monoisotopic (exact) mass is 404 g/mol. The van der Waals surface area contributed by atoms with Gasteiger partial charge in [-0.25, -0.2) is 4.98 Å². The van der Waals surface area contributed by atoms with Gasteiger partial charge in [-0.1, -0.05) is 12.1 Å². The van der Waals surface area contributed by atoms with Crippen LogP contribution in [0.4, 0.5) is 5.82 Å². The molecule has 6 nitrogen and oxygen atoms in total. The molecule has 2 fully saturated rings. The number of fused-ring (bicyclic) bond motifs is 3. The number of hydrogen-bond donors (Lipinski definition) is 0. The molecule has 0 amide bonds. The van der Waals surface area contributed by atoms with Gasteiger partial charge in [-0.05, 0) is 61.8 Å². The van der Waals surface area contributed by atoms with Gasteiger partial charge in [0.15, 0.2) is 5.65 Å². The molecule has 2 aliphatic rings. The van der Waals surface area contributed by atoms with Crippen LogP contribution in [0.5, 0.6) is 0 Å². The Morgan fingerprint density at radius 3 is 2.57 bits per heavy atom. The van der Waals surface area contributed by atoms with E-state index in [0.29, 0.717) is 12.0 Å². The van der Waals surface area contributed by atoms with E-state index in [-0.39, 0.29) is 0 Å². The van der Waals surface area contributed by atoms with Crippen LogP contribution in [0.15, 0.2) is 24.3 Å². The van der Waals surface area contributed by atoms with Gasteiger partial charge in [-0.3, -0.25) is 4.40 Å². The Kier molecular flexibility index (Phi) is 5.10. The van der Waals surface area contributed by atoms with Gasteiger partial charge >= 0.3 is 0 Å². The van der Waals surface area contributed by atoms with Crippen molar-refractivity contribution in [3.05, 3.63) is 41.0 Å². The average Bonchev–Trinajstić information content (AvgIpc) is 3.18. The Bertz CT molecular complexity index is 1120. The van der Waals surface area contributed by atoms with Crippen LogP contribution >= 0.6 is 0 Å². The number of anilines is 1. The first-order chi connectivity index (χ1) is 14.7. The molecular weight excluding hydrogens is 376 g/mol. The minimum atomic E-state index is 0.324. The van der Waals surface area contributed by atoms with E-state index in [1.807, 2.05) is 18.2 Å². The first kappa shape index (κ1) is 19.3. The zero-order valence-corrected chi connectivity index (χ0v) is 17.7. The van der Waals surface area contributed by atoms with Crippen LogP contribution in [0.1, 0.15) is 48.3 Å². The van der Waals surface area contributed by atoms with E-state index in [2.05, 4.69) is 28.4 Å². The number of aromatic nitrogens is 2. The zero-order valence-electron chi connectivity index (χ0n) is 17.7. The number of benzene rings is 1. The standard InChI is InChI=1S/C24H28N4O2/c1-16-22(17-9-13-30-14-10-17)19(15-25)23-26-20-5-3-4-6-21(20)28(23)24(16)27-11-7-18(29-2)8-12-27/h3-6,17-18H,7-14H2,1-2H3. The van der Waals surface area contributed by atoms with E-state index in [1.54, 1.807) is 7.11 Å². The zero-order chi connectivity index (χ0) is 20.7. The average molecular weight is 405 g/mol. The number of ether oxygens (including phenoxy) is 2. The Labute approximate surface area is 177 Å². The van der Waals surface area contributed by atoms with Gasteiger partial charge in [0.25, 0.3) is 0 Å². The Morgan fingerprint density at radius 2 is 1.87 bits per heavy atom. The summed E-state index contributed by atoms with van der Waals surface area (Å²) in [5.74, 6) is 1.53. The second kappa shape index (κ2) is 7.90. The predicted octanol–water partition coefficient (Wildman–Crippen LogP) is 4.18. The molecule has 6 heteroatoms. The molecular formula is C24H28N4O2. The number of pyridine rings is 1. The lowest BCUT2D eigenvalue weighted by atomic mass is 9.85. The number of rotatable bonds is 3. The van der Waals surface area contributed by atoms with Crippen LogP contribution < -0.4 is 4.90 Å². The Morgan fingerprint density at radius 1 is 1.13 bits per heavy atom. The Hall–Kier alpha value is -2.62. The smallest absolute Gasteiger partial charge is 0.157 e. The molecule has 0 N–H and O–H groups in total. The highest BCUT2D eigenvalue weighted by molar-refractivity contribution is 5.86. The van der Waals surface area contributed by atoms with Crippen molar-refractivity contribution in [2.45, 2.75) is 44.6 Å². The van der Waals surface area contributed by atoms with Crippen LogP contribution in [-0.4, -0.2) is 48.9 Å². The quantitative estimate of drug-likeness (QED) is 0.655. The lowest BCUT2D eigenvalue weighted by molar-refractivity contribution is 0.0816. The normalized spacial score (nSPS) is 18.9. The minimum absolute atomic E-state index is 0.324. The van der Waals surface area contributed by atoms with E-state index in [1.165, 1.54) is 16.9 Å². The number of nitrogens with zero attached hydrogens (tertiary/aromatic N) is 4.